The second-order valence-corrected chi connectivity index (χ2v) is 4.48. The second kappa shape index (κ2) is 8.96. The van der Waals surface area contributed by atoms with Gasteiger partial charge in [-0.15, -0.1) is 0 Å². The van der Waals surface area contributed by atoms with Gasteiger partial charge in [-0.25, -0.2) is 0 Å². The molecule has 2 N–H and O–H groups in total. The van der Waals surface area contributed by atoms with Crippen molar-refractivity contribution in [3.05, 3.63) is 29.8 Å². The van der Waals surface area contributed by atoms with E-state index in [-0.39, 0.29) is 18.4 Å². The van der Waals surface area contributed by atoms with Crippen molar-refractivity contribution in [3.63, 3.8) is 0 Å². The first-order valence-electron chi connectivity index (χ1n) is 6.82. The van der Waals surface area contributed by atoms with Gasteiger partial charge in [0.2, 0.25) is 11.8 Å². The molecule has 0 aromatic heterocycles. The third-order valence-electron chi connectivity index (χ3n) is 2.79. The number of rotatable bonds is 8. The van der Waals surface area contributed by atoms with Crippen LogP contribution in [-0.4, -0.2) is 32.0 Å². The molecule has 5 heteroatoms. The lowest BCUT2D eigenvalue weighted by atomic mass is 10.1. The molecule has 0 bridgehead atoms. The molecule has 0 aliphatic carbocycles. The van der Waals surface area contributed by atoms with Crippen LogP contribution in [0.2, 0.25) is 0 Å². The molecule has 0 heterocycles. The third kappa shape index (κ3) is 6.22. The molecule has 20 heavy (non-hydrogen) atoms. The molecule has 1 aromatic rings. The molecule has 0 aliphatic heterocycles. The Labute approximate surface area is 119 Å². The molecule has 110 valence electrons. The zero-order valence-electron chi connectivity index (χ0n) is 12.1. The highest BCUT2D eigenvalue weighted by molar-refractivity contribution is 5.84. The normalized spacial score (nSPS) is 9.90. The summed E-state index contributed by atoms with van der Waals surface area (Å²) < 4.78 is 5.14. The van der Waals surface area contributed by atoms with Crippen LogP contribution >= 0.6 is 0 Å². The standard InChI is InChI=1S/C15H22N2O3/c1-3-5-14(18)17-11-15(19)16-9-8-12-6-4-7-13(10-12)20-2/h4,6-7,10H,3,5,8-9,11H2,1-2H3,(H,16,19)(H,17,18). The molecule has 0 fully saturated rings. The van der Waals surface area contributed by atoms with Crippen LogP contribution in [0.1, 0.15) is 25.3 Å². The fraction of sp³-hybridized carbons (Fsp3) is 0.467. The number of benzene rings is 1. The Balaban J connectivity index is 2.22. The molecule has 1 aromatic carbocycles. The monoisotopic (exact) mass is 278 g/mol. The van der Waals surface area contributed by atoms with Crippen LogP contribution in [0, 0.1) is 0 Å². The number of hydrogen-bond acceptors (Lipinski definition) is 3. The van der Waals surface area contributed by atoms with Gasteiger partial charge in [0.05, 0.1) is 13.7 Å². The van der Waals surface area contributed by atoms with Crippen LogP contribution in [0.3, 0.4) is 0 Å². The summed E-state index contributed by atoms with van der Waals surface area (Å²) in [4.78, 5) is 22.7. The van der Waals surface area contributed by atoms with Crippen LogP contribution in [0.15, 0.2) is 24.3 Å². The summed E-state index contributed by atoms with van der Waals surface area (Å²) in [5.74, 6) is 0.549. The Morgan fingerprint density at radius 2 is 2.00 bits per heavy atom. The molecule has 0 atom stereocenters. The first kappa shape index (κ1) is 16.0. The molecule has 0 saturated heterocycles. The molecule has 1 rings (SSSR count). The molecule has 2 amide bonds. The summed E-state index contributed by atoms with van der Waals surface area (Å²) in [6, 6.07) is 7.72. The summed E-state index contributed by atoms with van der Waals surface area (Å²) in [6.45, 7) is 2.50. The number of methoxy groups -OCH3 is 1. The Kier molecular flexibility index (Phi) is 7.17. The van der Waals surface area contributed by atoms with Crippen molar-refractivity contribution in [2.45, 2.75) is 26.2 Å². The van der Waals surface area contributed by atoms with E-state index < -0.39 is 0 Å². The Morgan fingerprint density at radius 3 is 2.70 bits per heavy atom. The molecule has 0 aliphatic rings. The number of hydrogen-bond donors (Lipinski definition) is 2. The first-order valence-corrected chi connectivity index (χ1v) is 6.82. The minimum absolute atomic E-state index is 0.0386. The zero-order chi connectivity index (χ0) is 14.8. The van der Waals surface area contributed by atoms with Crippen molar-refractivity contribution in [3.8, 4) is 5.75 Å². The highest BCUT2D eigenvalue weighted by Gasteiger charge is 2.04. The van der Waals surface area contributed by atoms with Crippen molar-refractivity contribution in [2.75, 3.05) is 20.2 Å². The molecule has 0 spiro atoms. The van der Waals surface area contributed by atoms with Gasteiger partial charge in [0.25, 0.3) is 0 Å². The predicted octanol–water partition coefficient (Wildman–Crippen LogP) is 1.27. The number of ether oxygens (including phenoxy) is 1. The summed E-state index contributed by atoms with van der Waals surface area (Å²) in [5.41, 5.74) is 1.10. The number of carbonyl (C=O) groups excluding carboxylic acids is 2. The Morgan fingerprint density at radius 1 is 1.20 bits per heavy atom. The average Bonchev–Trinajstić information content (AvgIpc) is 2.46. The van der Waals surface area contributed by atoms with Gasteiger partial charge in [0.1, 0.15) is 5.75 Å². The smallest absolute Gasteiger partial charge is 0.239 e. The average molecular weight is 278 g/mol. The highest BCUT2D eigenvalue weighted by Crippen LogP contribution is 2.12. The lowest BCUT2D eigenvalue weighted by molar-refractivity contribution is -0.126. The van der Waals surface area contributed by atoms with E-state index in [1.165, 1.54) is 0 Å². The quantitative estimate of drug-likeness (QED) is 0.752. The highest BCUT2D eigenvalue weighted by atomic mass is 16.5. The van der Waals surface area contributed by atoms with E-state index >= 15 is 0 Å². The summed E-state index contributed by atoms with van der Waals surface area (Å²) in [7, 11) is 1.62. The molecular formula is C15H22N2O3. The Bertz CT molecular complexity index is 446. The number of carbonyl (C=O) groups is 2. The number of amides is 2. The molecule has 0 radical (unpaired) electrons. The fourth-order valence-corrected chi connectivity index (χ4v) is 1.73. The van der Waals surface area contributed by atoms with E-state index in [4.69, 9.17) is 4.74 Å². The van der Waals surface area contributed by atoms with Crippen molar-refractivity contribution >= 4 is 11.8 Å². The van der Waals surface area contributed by atoms with E-state index in [0.29, 0.717) is 13.0 Å². The van der Waals surface area contributed by atoms with Crippen LogP contribution < -0.4 is 15.4 Å². The van der Waals surface area contributed by atoms with Gasteiger partial charge in [-0.3, -0.25) is 9.59 Å². The van der Waals surface area contributed by atoms with E-state index in [1.54, 1.807) is 7.11 Å². The molecule has 5 nitrogen and oxygen atoms in total. The van der Waals surface area contributed by atoms with Crippen molar-refractivity contribution < 1.29 is 14.3 Å². The van der Waals surface area contributed by atoms with E-state index in [1.807, 2.05) is 31.2 Å². The minimum atomic E-state index is -0.169. The minimum Gasteiger partial charge on any atom is -0.497 e. The lowest BCUT2D eigenvalue weighted by Crippen LogP contribution is -2.37. The van der Waals surface area contributed by atoms with E-state index in [2.05, 4.69) is 10.6 Å². The van der Waals surface area contributed by atoms with E-state index in [0.717, 1.165) is 24.2 Å². The van der Waals surface area contributed by atoms with Gasteiger partial charge in [-0.1, -0.05) is 19.1 Å². The summed E-state index contributed by atoms with van der Waals surface area (Å²) in [6.07, 6.45) is 1.96. The van der Waals surface area contributed by atoms with Gasteiger partial charge >= 0.3 is 0 Å². The van der Waals surface area contributed by atoms with Crippen LogP contribution in [0.25, 0.3) is 0 Å². The predicted molar refractivity (Wildman–Crippen MR) is 77.6 cm³/mol. The fourth-order valence-electron chi connectivity index (χ4n) is 1.73. The topological polar surface area (TPSA) is 67.4 Å². The largest absolute Gasteiger partial charge is 0.497 e. The molecule has 0 saturated carbocycles. The maximum atomic E-state index is 11.5. The summed E-state index contributed by atoms with van der Waals surface area (Å²) in [5, 5.41) is 5.35. The maximum absolute atomic E-state index is 11.5. The van der Waals surface area contributed by atoms with Gasteiger partial charge in [-0.2, -0.15) is 0 Å². The van der Waals surface area contributed by atoms with Crippen LogP contribution in [-0.2, 0) is 16.0 Å². The summed E-state index contributed by atoms with van der Waals surface area (Å²) >= 11 is 0. The van der Waals surface area contributed by atoms with Crippen molar-refractivity contribution in [1.82, 2.24) is 10.6 Å². The van der Waals surface area contributed by atoms with Crippen LogP contribution in [0.4, 0.5) is 0 Å². The van der Waals surface area contributed by atoms with Crippen LogP contribution in [0.5, 0.6) is 5.75 Å². The molecular weight excluding hydrogens is 256 g/mol. The van der Waals surface area contributed by atoms with Gasteiger partial charge in [0, 0.05) is 13.0 Å². The maximum Gasteiger partial charge on any atom is 0.239 e. The number of nitrogens with one attached hydrogen (secondary N) is 2. The third-order valence-corrected chi connectivity index (χ3v) is 2.79. The Hall–Kier alpha value is -2.04. The lowest BCUT2D eigenvalue weighted by Gasteiger charge is -2.07. The van der Waals surface area contributed by atoms with E-state index in [9.17, 15) is 9.59 Å². The zero-order valence-corrected chi connectivity index (χ0v) is 12.1. The van der Waals surface area contributed by atoms with Gasteiger partial charge in [-0.05, 0) is 30.5 Å². The van der Waals surface area contributed by atoms with Gasteiger partial charge < -0.3 is 15.4 Å². The molecule has 0 unspecified atom stereocenters. The van der Waals surface area contributed by atoms with Crippen molar-refractivity contribution in [1.29, 1.82) is 0 Å². The van der Waals surface area contributed by atoms with Gasteiger partial charge in [0.15, 0.2) is 0 Å². The first-order chi connectivity index (χ1) is 9.65. The van der Waals surface area contributed by atoms with Crippen molar-refractivity contribution in [2.24, 2.45) is 0 Å². The SMILES string of the molecule is CCCC(=O)NCC(=O)NCCc1cccc(OC)c1. The second-order valence-electron chi connectivity index (χ2n) is 4.48.